The topological polar surface area (TPSA) is 88.5 Å². The van der Waals surface area contributed by atoms with Gasteiger partial charge in [0.25, 0.3) is 0 Å². The Morgan fingerprint density at radius 3 is 2.13 bits per heavy atom. The van der Waals surface area contributed by atoms with Crippen molar-refractivity contribution in [3.8, 4) is 0 Å². The number of aryl methyl sites for hydroxylation is 1. The molecule has 3 aromatic rings. The van der Waals surface area contributed by atoms with E-state index in [1.807, 2.05) is 44.2 Å². The van der Waals surface area contributed by atoms with E-state index in [2.05, 4.69) is 21.8 Å². The van der Waals surface area contributed by atoms with E-state index >= 15 is 0 Å². The number of anilines is 1. The number of carboxylic acid groups (broad SMARTS) is 1. The van der Waals surface area contributed by atoms with Crippen molar-refractivity contribution in [2.75, 3.05) is 5.32 Å². The first-order valence-electron chi connectivity index (χ1n) is 13.7. The van der Waals surface area contributed by atoms with Gasteiger partial charge in [0.05, 0.1) is 21.7 Å². The van der Waals surface area contributed by atoms with Crippen molar-refractivity contribution >= 4 is 40.9 Å². The molecule has 0 spiro atoms. The third-order valence-corrected chi connectivity index (χ3v) is 11.2. The maximum absolute atomic E-state index is 12.9. The number of hydrogen-bond acceptors (Lipinski definition) is 5. The van der Waals surface area contributed by atoms with Gasteiger partial charge in [0, 0.05) is 16.0 Å². The van der Waals surface area contributed by atoms with E-state index in [0.717, 1.165) is 78.8 Å². The minimum atomic E-state index is -0.708. The summed E-state index contributed by atoms with van der Waals surface area (Å²) in [4.78, 5) is 25.8. The van der Waals surface area contributed by atoms with E-state index in [4.69, 9.17) is 16.3 Å². The molecule has 4 aliphatic carbocycles. The molecule has 0 saturated heterocycles. The van der Waals surface area contributed by atoms with Crippen LogP contribution in [0.4, 0.5) is 10.5 Å². The van der Waals surface area contributed by atoms with Gasteiger partial charge in [0.15, 0.2) is 0 Å². The van der Waals surface area contributed by atoms with Crippen LogP contribution >= 0.6 is 23.1 Å². The summed E-state index contributed by atoms with van der Waals surface area (Å²) in [6.45, 7) is 3.75. The van der Waals surface area contributed by atoms with Crippen LogP contribution in [-0.4, -0.2) is 21.5 Å². The van der Waals surface area contributed by atoms with E-state index in [-0.39, 0.29) is 10.8 Å². The molecule has 204 valence electrons. The first-order valence-corrected chi connectivity index (χ1v) is 14.9. The Morgan fingerprint density at radius 1 is 0.949 bits per heavy atom. The van der Waals surface area contributed by atoms with Gasteiger partial charge >= 0.3 is 12.1 Å². The molecule has 6 nitrogen and oxygen atoms in total. The highest BCUT2D eigenvalue weighted by molar-refractivity contribution is 7.06. The Bertz CT molecular complexity index is 1400. The predicted octanol–water partition coefficient (Wildman–Crippen LogP) is 8.07. The second-order valence-electron chi connectivity index (χ2n) is 11.7. The summed E-state index contributed by atoms with van der Waals surface area (Å²) in [5.41, 5.74) is 4.12. The summed E-state index contributed by atoms with van der Waals surface area (Å²) in [5.74, 6) is -0.708. The van der Waals surface area contributed by atoms with Crippen LogP contribution in [0.1, 0.15) is 91.7 Å². The van der Waals surface area contributed by atoms with E-state index in [1.54, 1.807) is 6.07 Å². The number of rotatable bonds is 7. The number of carbonyl (C=O) groups is 2. The second kappa shape index (κ2) is 9.63. The predicted molar refractivity (Wildman–Crippen MR) is 153 cm³/mol. The minimum Gasteiger partial charge on any atom is -0.481 e. The van der Waals surface area contributed by atoms with Gasteiger partial charge in [-0.3, -0.25) is 10.1 Å². The number of hydrogen-bond donors (Lipinski definition) is 2. The molecule has 8 heteroatoms. The van der Waals surface area contributed by atoms with Gasteiger partial charge in [-0.2, -0.15) is 4.37 Å². The number of amides is 1. The van der Waals surface area contributed by atoms with Gasteiger partial charge in [-0.15, -0.1) is 0 Å². The molecular weight excluding hydrogens is 532 g/mol. The lowest BCUT2D eigenvalue weighted by Crippen LogP contribution is -2.46. The highest BCUT2D eigenvalue weighted by atomic mass is 35.5. The molecule has 1 amide bonds. The lowest BCUT2D eigenvalue weighted by molar-refractivity contribution is -0.140. The van der Waals surface area contributed by atoms with Crippen molar-refractivity contribution in [1.82, 2.24) is 4.37 Å². The minimum absolute atomic E-state index is 0.00592. The van der Waals surface area contributed by atoms with Gasteiger partial charge in [0.1, 0.15) is 6.10 Å². The summed E-state index contributed by atoms with van der Waals surface area (Å²) >= 11 is 7.80. The van der Waals surface area contributed by atoms with Gasteiger partial charge in [-0.1, -0.05) is 54.1 Å². The first kappa shape index (κ1) is 26.3. The van der Waals surface area contributed by atoms with Crippen LogP contribution in [0.3, 0.4) is 0 Å². The van der Waals surface area contributed by atoms with Crippen molar-refractivity contribution < 1.29 is 19.4 Å². The van der Waals surface area contributed by atoms with E-state index < -0.39 is 23.6 Å². The fourth-order valence-electron chi connectivity index (χ4n) is 6.89. The van der Waals surface area contributed by atoms with E-state index in [9.17, 15) is 14.7 Å². The van der Waals surface area contributed by atoms with E-state index in [0.29, 0.717) is 5.02 Å². The zero-order valence-corrected chi connectivity index (χ0v) is 23.8. The Hall–Kier alpha value is -2.90. The van der Waals surface area contributed by atoms with E-state index in [1.165, 1.54) is 17.1 Å². The number of aliphatic carboxylic acids is 1. The highest BCUT2D eigenvalue weighted by Gasteiger charge is 2.53. The highest BCUT2D eigenvalue weighted by Crippen LogP contribution is 2.61. The van der Waals surface area contributed by atoms with Crippen molar-refractivity contribution in [2.45, 2.75) is 87.6 Å². The SMILES string of the molecule is Cc1nsc(C23CCC(c4ccc(C5(C(=O)O)CC5)cc4)(CC2)CC3)c1NC(=O)OC(C)c1ccccc1Cl. The van der Waals surface area contributed by atoms with Gasteiger partial charge in [-0.05, 0) is 99.4 Å². The number of nitrogens with zero attached hydrogens (tertiary/aromatic N) is 1. The molecule has 4 aliphatic rings. The molecule has 4 saturated carbocycles. The molecule has 4 fully saturated rings. The maximum Gasteiger partial charge on any atom is 0.412 e. The van der Waals surface area contributed by atoms with Gasteiger partial charge in [0.2, 0.25) is 0 Å². The molecule has 2 N–H and O–H groups in total. The van der Waals surface area contributed by atoms with Crippen LogP contribution in [0.2, 0.25) is 5.02 Å². The Kier molecular flexibility index (Phi) is 6.50. The summed E-state index contributed by atoms with van der Waals surface area (Å²) in [7, 11) is 0. The summed E-state index contributed by atoms with van der Waals surface area (Å²) in [6, 6.07) is 15.8. The third-order valence-electron chi connectivity index (χ3n) is 9.65. The normalized spacial score (nSPS) is 25.6. The molecule has 1 heterocycles. The fourth-order valence-corrected chi connectivity index (χ4v) is 8.29. The summed E-state index contributed by atoms with van der Waals surface area (Å²) in [6.07, 6.45) is 6.80. The molecule has 39 heavy (non-hydrogen) atoms. The van der Waals surface area contributed by atoms with Crippen LogP contribution in [0.5, 0.6) is 0 Å². The van der Waals surface area contributed by atoms with Crippen LogP contribution in [0.25, 0.3) is 0 Å². The fraction of sp³-hybridized carbons (Fsp3) is 0.452. The number of nitrogens with one attached hydrogen (secondary N) is 1. The molecule has 2 bridgehead atoms. The lowest BCUT2D eigenvalue weighted by Gasteiger charge is -2.53. The Balaban J connectivity index is 1.16. The van der Waals surface area contributed by atoms with Crippen LogP contribution < -0.4 is 5.32 Å². The molecule has 1 aromatic heterocycles. The van der Waals surface area contributed by atoms with Crippen molar-refractivity contribution in [2.24, 2.45) is 0 Å². The molecule has 1 atom stereocenters. The number of aromatic nitrogens is 1. The summed E-state index contributed by atoms with van der Waals surface area (Å²) in [5, 5.41) is 13.3. The number of ether oxygens (including phenoxy) is 1. The summed E-state index contributed by atoms with van der Waals surface area (Å²) < 4.78 is 10.3. The first-order chi connectivity index (χ1) is 18.7. The number of fused-ring (bicyclic) bond motifs is 3. The molecule has 1 unspecified atom stereocenters. The standard InChI is InChI=1S/C31H33ClN2O4S/c1-19-25(33-28(37)38-20(2)23-5-3-4-6-24(23)32)26(39-34-19)30-14-11-29(12-15-30,13-16-30)21-7-9-22(10-8-21)31(17-18-31)27(35)36/h3-10,20H,11-18H2,1-2H3,(H,33,37)(H,35,36). The zero-order valence-electron chi connectivity index (χ0n) is 22.3. The molecular formula is C31H33ClN2O4S. The molecule has 7 rings (SSSR count). The number of benzene rings is 2. The van der Waals surface area contributed by atoms with Crippen LogP contribution in [0, 0.1) is 6.92 Å². The molecule has 0 radical (unpaired) electrons. The zero-order chi connectivity index (χ0) is 27.4. The van der Waals surface area contributed by atoms with Crippen LogP contribution in [0.15, 0.2) is 48.5 Å². The average molecular weight is 565 g/mol. The van der Waals surface area contributed by atoms with Gasteiger partial charge in [-0.25, -0.2) is 4.79 Å². The Labute approximate surface area is 237 Å². The number of halogens is 1. The van der Waals surface area contributed by atoms with Crippen molar-refractivity contribution in [3.05, 3.63) is 80.8 Å². The monoisotopic (exact) mass is 564 g/mol. The quantitative estimate of drug-likeness (QED) is 0.303. The van der Waals surface area contributed by atoms with Gasteiger partial charge < -0.3 is 9.84 Å². The molecule has 2 aromatic carbocycles. The number of carbonyl (C=O) groups excluding carboxylic acids is 1. The van der Waals surface area contributed by atoms with Crippen LogP contribution in [-0.2, 0) is 25.8 Å². The van der Waals surface area contributed by atoms with Crippen molar-refractivity contribution in [3.63, 3.8) is 0 Å². The molecule has 0 aliphatic heterocycles. The van der Waals surface area contributed by atoms with Crippen molar-refractivity contribution in [1.29, 1.82) is 0 Å². The average Bonchev–Trinajstić information content (AvgIpc) is 3.69. The smallest absolute Gasteiger partial charge is 0.412 e. The second-order valence-corrected chi connectivity index (χ2v) is 12.9. The number of carboxylic acids is 1. The maximum atomic E-state index is 12.9. The lowest BCUT2D eigenvalue weighted by atomic mass is 9.51. The largest absolute Gasteiger partial charge is 0.481 e. The third kappa shape index (κ3) is 4.44. The Morgan fingerprint density at radius 2 is 1.54 bits per heavy atom.